The molecule has 0 saturated carbocycles. The number of piperidine rings is 2. The zero-order valence-corrected chi connectivity index (χ0v) is 17.3. The summed E-state index contributed by atoms with van der Waals surface area (Å²) in [6, 6.07) is 0. The van der Waals surface area contributed by atoms with Crippen LogP contribution < -0.4 is 0 Å². The van der Waals surface area contributed by atoms with Gasteiger partial charge < -0.3 is 19.1 Å². The van der Waals surface area contributed by atoms with Crippen LogP contribution >= 0.6 is 0 Å². The Bertz CT molecular complexity index is 638. The van der Waals surface area contributed by atoms with Crippen LogP contribution in [-0.2, 0) is 20.9 Å². The number of ether oxygens (including phenoxy) is 1. The molecule has 0 aliphatic carbocycles. The predicted molar refractivity (Wildman–Crippen MR) is 107 cm³/mol. The van der Waals surface area contributed by atoms with Gasteiger partial charge in [-0.15, -0.1) is 0 Å². The van der Waals surface area contributed by atoms with E-state index >= 15 is 0 Å². The molecule has 0 N–H and O–H groups in total. The molecule has 28 heavy (non-hydrogen) atoms. The van der Waals surface area contributed by atoms with Crippen molar-refractivity contribution in [1.82, 2.24) is 19.4 Å². The van der Waals surface area contributed by atoms with Crippen molar-refractivity contribution in [1.29, 1.82) is 0 Å². The van der Waals surface area contributed by atoms with Gasteiger partial charge in [-0.25, -0.2) is 4.98 Å². The van der Waals surface area contributed by atoms with Gasteiger partial charge in [-0.3, -0.25) is 9.59 Å². The molecule has 2 aliphatic heterocycles. The zero-order chi connectivity index (χ0) is 20.0. The lowest BCUT2D eigenvalue weighted by molar-refractivity contribution is -0.148. The first kappa shape index (κ1) is 20.8. The molecule has 3 heterocycles. The summed E-state index contributed by atoms with van der Waals surface area (Å²) in [6.07, 6.45) is 10.6. The van der Waals surface area contributed by atoms with Crippen LogP contribution in [0.2, 0.25) is 0 Å². The summed E-state index contributed by atoms with van der Waals surface area (Å²) in [5.41, 5.74) is 0.174. The second-order valence-corrected chi connectivity index (χ2v) is 8.31. The van der Waals surface area contributed by atoms with Gasteiger partial charge in [0, 0.05) is 58.1 Å². The van der Waals surface area contributed by atoms with Gasteiger partial charge in [-0.1, -0.05) is 6.92 Å². The minimum Gasteiger partial charge on any atom is -0.369 e. The highest BCUT2D eigenvalue weighted by Crippen LogP contribution is 2.40. The normalized spacial score (nSPS) is 20.6. The molecular weight excluding hydrogens is 356 g/mol. The number of aromatic nitrogens is 2. The van der Waals surface area contributed by atoms with E-state index < -0.39 is 0 Å². The fourth-order valence-electron chi connectivity index (χ4n) is 4.40. The molecule has 156 valence electrons. The number of hydrogen-bond donors (Lipinski definition) is 0. The summed E-state index contributed by atoms with van der Waals surface area (Å²) in [6.45, 7) is 8.58. The zero-order valence-electron chi connectivity index (χ0n) is 17.3. The monoisotopic (exact) mass is 390 g/mol. The van der Waals surface area contributed by atoms with E-state index in [1.54, 1.807) is 6.20 Å². The molecule has 1 spiro atoms. The minimum absolute atomic E-state index is 0.104. The van der Waals surface area contributed by atoms with Crippen LogP contribution in [0.25, 0.3) is 0 Å². The van der Waals surface area contributed by atoms with Crippen molar-refractivity contribution in [3.8, 4) is 0 Å². The highest BCUT2D eigenvalue weighted by molar-refractivity contribution is 5.80. The standard InChI is InChI=1S/C21H34N4O3/c1-3-15-28-18(2)20(27)24-12-7-21(8-13-24)6-5-19(26)25(16-21)11-4-10-23-14-9-22-17-23/h9,14,17-18H,3-8,10-13,15-16H2,1-2H3/t18-/m1/s1. The Morgan fingerprint density at radius 2 is 2.07 bits per heavy atom. The molecule has 0 radical (unpaired) electrons. The molecule has 2 aliphatic rings. The van der Waals surface area contributed by atoms with E-state index in [2.05, 4.69) is 9.55 Å². The van der Waals surface area contributed by atoms with Crippen LogP contribution in [0.4, 0.5) is 0 Å². The second kappa shape index (κ2) is 9.54. The van der Waals surface area contributed by atoms with E-state index in [4.69, 9.17) is 4.74 Å². The van der Waals surface area contributed by atoms with Crippen LogP contribution in [0, 0.1) is 5.41 Å². The topological polar surface area (TPSA) is 67.7 Å². The first-order valence-electron chi connectivity index (χ1n) is 10.7. The number of amides is 2. The number of carbonyl (C=O) groups excluding carboxylic acids is 2. The maximum atomic E-state index is 12.6. The third-order valence-corrected chi connectivity index (χ3v) is 6.21. The van der Waals surface area contributed by atoms with Gasteiger partial charge in [0.1, 0.15) is 6.10 Å². The largest absolute Gasteiger partial charge is 0.369 e. The Morgan fingerprint density at radius 3 is 2.75 bits per heavy atom. The first-order chi connectivity index (χ1) is 13.5. The average molecular weight is 391 g/mol. The molecular formula is C21H34N4O3. The van der Waals surface area contributed by atoms with Crippen LogP contribution in [0.15, 0.2) is 18.7 Å². The number of nitrogens with zero attached hydrogens (tertiary/aromatic N) is 4. The third-order valence-electron chi connectivity index (χ3n) is 6.21. The molecule has 2 saturated heterocycles. The first-order valence-corrected chi connectivity index (χ1v) is 10.7. The van der Waals surface area contributed by atoms with Gasteiger partial charge in [0.05, 0.1) is 6.33 Å². The van der Waals surface area contributed by atoms with Gasteiger partial charge in [0.2, 0.25) is 5.91 Å². The number of aryl methyl sites for hydroxylation is 1. The summed E-state index contributed by atoms with van der Waals surface area (Å²) in [5, 5.41) is 0. The summed E-state index contributed by atoms with van der Waals surface area (Å²) in [4.78, 5) is 33.0. The number of likely N-dealkylation sites (tertiary alicyclic amines) is 2. The van der Waals surface area contributed by atoms with Crippen LogP contribution in [0.5, 0.6) is 0 Å². The lowest BCUT2D eigenvalue weighted by Gasteiger charge is -2.47. The maximum Gasteiger partial charge on any atom is 0.251 e. The summed E-state index contributed by atoms with van der Waals surface area (Å²) in [7, 11) is 0. The van der Waals surface area contributed by atoms with Crippen molar-refractivity contribution in [3.63, 3.8) is 0 Å². The van der Waals surface area contributed by atoms with Gasteiger partial charge in [-0.05, 0) is 44.4 Å². The fourth-order valence-corrected chi connectivity index (χ4v) is 4.40. The van der Waals surface area contributed by atoms with E-state index in [1.807, 2.05) is 36.2 Å². The SMILES string of the molecule is CCCO[C@H](C)C(=O)N1CCC2(CCC(=O)N(CCCn3ccnc3)C2)CC1. The highest BCUT2D eigenvalue weighted by atomic mass is 16.5. The Morgan fingerprint density at radius 1 is 1.29 bits per heavy atom. The summed E-state index contributed by atoms with van der Waals surface area (Å²) >= 11 is 0. The Hall–Kier alpha value is -1.89. The maximum absolute atomic E-state index is 12.6. The summed E-state index contributed by atoms with van der Waals surface area (Å²) in [5.74, 6) is 0.378. The van der Waals surface area contributed by atoms with Crippen molar-refractivity contribution in [2.24, 2.45) is 5.41 Å². The molecule has 2 amide bonds. The van der Waals surface area contributed by atoms with Gasteiger partial charge in [-0.2, -0.15) is 0 Å². The second-order valence-electron chi connectivity index (χ2n) is 8.31. The predicted octanol–water partition coefficient (Wildman–Crippen LogP) is 2.32. The smallest absolute Gasteiger partial charge is 0.251 e. The molecule has 0 aromatic carbocycles. The highest BCUT2D eigenvalue weighted by Gasteiger charge is 2.41. The van der Waals surface area contributed by atoms with Crippen molar-refractivity contribution >= 4 is 11.8 Å². The quantitative estimate of drug-likeness (QED) is 0.683. The average Bonchev–Trinajstić information content (AvgIpc) is 3.22. The van der Waals surface area contributed by atoms with Gasteiger partial charge in [0.25, 0.3) is 5.91 Å². The number of hydrogen-bond acceptors (Lipinski definition) is 4. The van der Waals surface area contributed by atoms with E-state index in [-0.39, 0.29) is 23.3 Å². The van der Waals surface area contributed by atoms with E-state index in [0.29, 0.717) is 13.0 Å². The van der Waals surface area contributed by atoms with Crippen LogP contribution in [0.3, 0.4) is 0 Å². The molecule has 3 rings (SSSR count). The molecule has 1 aromatic rings. The Kier molecular flexibility index (Phi) is 7.10. The lowest BCUT2D eigenvalue weighted by atomic mass is 9.72. The molecule has 0 unspecified atom stereocenters. The number of carbonyl (C=O) groups is 2. The molecule has 1 aromatic heterocycles. The molecule has 7 nitrogen and oxygen atoms in total. The Labute approximate surface area is 168 Å². The van der Waals surface area contributed by atoms with Crippen molar-refractivity contribution in [2.45, 2.75) is 65.0 Å². The Balaban J connectivity index is 1.48. The molecule has 0 bridgehead atoms. The van der Waals surface area contributed by atoms with Gasteiger partial charge >= 0.3 is 0 Å². The molecule has 2 fully saturated rings. The van der Waals surface area contributed by atoms with E-state index in [1.165, 1.54) is 0 Å². The van der Waals surface area contributed by atoms with Crippen molar-refractivity contribution in [3.05, 3.63) is 18.7 Å². The number of rotatable bonds is 8. The third kappa shape index (κ3) is 5.13. The number of imidazole rings is 1. The fraction of sp³-hybridized carbons (Fsp3) is 0.762. The van der Waals surface area contributed by atoms with E-state index in [0.717, 1.165) is 64.8 Å². The van der Waals surface area contributed by atoms with Crippen LogP contribution in [-0.4, -0.2) is 70.1 Å². The van der Waals surface area contributed by atoms with Gasteiger partial charge in [0.15, 0.2) is 0 Å². The lowest BCUT2D eigenvalue weighted by Crippen LogP contribution is -2.53. The van der Waals surface area contributed by atoms with Crippen LogP contribution in [0.1, 0.15) is 52.4 Å². The van der Waals surface area contributed by atoms with Crippen molar-refractivity contribution in [2.75, 3.05) is 32.8 Å². The van der Waals surface area contributed by atoms with Crippen molar-refractivity contribution < 1.29 is 14.3 Å². The summed E-state index contributed by atoms with van der Waals surface area (Å²) < 4.78 is 7.65. The minimum atomic E-state index is -0.360. The molecule has 1 atom stereocenters. The molecule has 7 heteroatoms. The van der Waals surface area contributed by atoms with E-state index in [9.17, 15) is 9.59 Å².